The lowest BCUT2D eigenvalue weighted by molar-refractivity contribution is -0.384. The smallest absolute Gasteiger partial charge is 0.270 e. The molecule has 3 rings (SSSR count). The molecule has 6 heteroatoms. The summed E-state index contributed by atoms with van der Waals surface area (Å²) in [6.07, 6.45) is 2.48. The molecule has 0 spiro atoms. The molecule has 0 bridgehead atoms. The Balaban J connectivity index is 1.84. The maximum absolute atomic E-state index is 12.3. The number of non-ortho nitro benzene ring substituents is 1. The number of nitro benzene ring substituents is 1. The van der Waals surface area contributed by atoms with Crippen LogP contribution in [0.3, 0.4) is 0 Å². The van der Waals surface area contributed by atoms with Crippen molar-refractivity contribution in [3.8, 4) is 0 Å². The number of fused-ring (bicyclic) bond motifs is 1. The zero-order valence-electron chi connectivity index (χ0n) is 12.3. The van der Waals surface area contributed by atoms with Crippen LogP contribution in [0.25, 0.3) is 6.08 Å². The van der Waals surface area contributed by atoms with E-state index in [1.807, 2.05) is 0 Å². The maximum Gasteiger partial charge on any atom is 0.270 e. The van der Waals surface area contributed by atoms with E-state index >= 15 is 0 Å². The summed E-state index contributed by atoms with van der Waals surface area (Å²) in [6.45, 7) is 0. The molecular weight excluding hydrogens is 310 g/mol. The first kappa shape index (κ1) is 15.5. The number of carbonyl (C=O) groups excluding carboxylic acids is 3. The van der Waals surface area contributed by atoms with Crippen molar-refractivity contribution in [2.45, 2.75) is 0 Å². The Morgan fingerprint density at radius 3 is 2.21 bits per heavy atom. The highest BCUT2D eigenvalue weighted by Gasteiger charge is 2.41. The highest BCUT2D eigenvalue weighted by atomic mass is 16.6. The molecule has 6 nitrogen and oxygen atoms in total. The van der Waals surface area contributed by atoms with Gasteiger partial charge >= 0.3 is 0 Å². The fraction of sp³-hybridized carbons (Fsp3) is 0.0556. The van der Waals surface area contributed by atoms with Gasteiger partial charge in [0.1, 0.15) is 5.92 Å². The Bertz CT molecular complexity index is 878. The molecule has 0 N–H and O–H groups in total. The molecule has 2 aromatic carbocycles. The molecule has 0 heterocycles. The largest absolute Gasteiger partial charge is 0.294 e. The number of hydrogen-bond donors (Lipinski definition) is 0. The number of ketones is 3. The molecule has 118 valence electrons. The minimum absolute atomic E-state index is 0.106. The molecule has 1 aliphatic carbocycles. The third kappa shape index (κ3) is 2.65. The number of Topliss-reactive ketones (excluding diaryl/α,β-unsaturated/α-hetero) is 2. The highest BCUT2D eigenvalue weighted by Crippen LogP contribution is 2.27. The van der Waals surface area contributed by atoms with Crippen LogP contribution in [0, 0.1) is 16.0 Å². The summed E-state index contributed by atoms with van der Waals surface area (Å²) < 4.78 is 0. The first-order chi connectivity index (χ1) is 11.5. The highest BCUT2D eigenvalue weighted by molar-refractivity contribution is 6.37. The predicted octanol–water partition coefficient (Wildman–Crippen LogP) is 2.87. The van der Waals surface area contributed by atoms with Gasteiger partial charge in [-0.3, -0.25) is 24.5 Å². The standard InChI is InChI=1S/C18H11NO5/c20-15(9-8-11-4-3-5-12(10-11)19(23)24)16-17(21)13-6-1-2-7-14(13)18(16)22/h1-10,16H/b9-8+. The lowest BCUT2D eigenvalue weighted by atomic mass is 9.97. The monoisotopic (exact) mass is 321 g/mol. The SMILES string of the molecule is O=C(/C=C/c1cccc([N+](=O)[O-])c1)C1C(=O)c2ccccc2C1=O. The van der Waals surface area contributed by atoms with Gasteiger partial charge in [0, 0.05) is 23.3 Å². The Hall–Kier alpha value is -3.41. The first-order valence-electron chi connectivity index (χ1n) is 7.13. The Morgan fingerprint density at radius 2 is 1.62 bits per heavy atom. The van der Waals surface area contributed by atoms with E-state index in [4.69, 9.17) is 0 Å². The van der Waals surface area contributed by atoms with Gasteiger partial charge in [0.05, 0.1) is 4.92 Å². The number of nitrogens with zero attached hydrogens (tertiary/aromatic N) is 1. The Kier molecular flexibility index (Phi) is 3.87. The quantitative estimate of drug-likeness (QED) is 0.373. The van der Waals surface area contributed by atoms with Crippen LogP contribution in [0.15, 0.2) is 54.6 Å². The van der Waals surface area contributed by atoms with Gasteiger partial charge in [-0.2, -0.15) is 0 Å². The molecule has 0 aliphatic heterocycles. The second-order valence-electron chi connectivity index (χ2n) is 5.29. The van der Waals surface area contributed by atoms with E-state index in [9.17, 15) is 24.5 Å². The number of nitro groups is 1. The van der Waals surface area contributed by atoms with Crippen molar-refractivity contribution in [3.05, 3.63) is 81.4 Å². The zero-order chi connectivity index (χ0) is 17.3. The van der Waals surface area contributed by atoms with Crippen molar-refractivity contribution >= 4 is 29.1 Å². The second kappa shape index (κ2) is 6.00. The average Bonchev–Trinajstić information content (AvgIpc) is 2.84. The molecule has 0 saturated heterocycles. The van der Waals surface area contributed by atoms with E-state index in [1.54, 1.807) is 18.2 Å². The molecule has 0 saturated carbocycles. The van der Waals surface area contributed by atoms with Crippen LogP contribution in [0.5, 0.6) is 0 Å². The van der Waals surface area contributed by atoms with Crippen LogP contribution in [0.2, 0.25) is 0 Å². The van der Waals surface area contributed by atoms with Gasteiger partial charge in [0.25, 0.3) is 5.69 Å². The maximum atomic E-state index is 12.3. The fourth-order valence-electron chi connectivity index (χ4n) is 2.62. The zero-order valence-corrected chi connectivity index (χ0v) is 12.3. The summed E-state index contributed by atoms with van der Waals surface area (Å²) in [6, 6.07) is 12.0. The average molecular weight is 321 g/mol. The van der Waals surface area contributed by atoms with Crippen molar-refractivity contribution in [2.24, 2.45) is 5.92 Å². The minimum Gasteiger partial charge on any atom is -0.294 e. The Labute approximate surface area is 136 Å². The predicted molar refractivity (Wildman–Crippen MR) is 85.7 cm³/mol. The summed E-state index contributed by atoms with van der Waals surface area (Å²) in [4.78, 5) is 46.9. The molecule has 0 unspecified atom stereocenters. The van der Waals surface area contributed by atoms with Crippen LogP contribution in [0.4, 0.5) is 5.69 Å². The third-order valence-corrected chi connectivity index (χ3v) is 3.79. The van der Waals surface area contributed by atoms with Gasteiger partial charge in [-0.25, -0.2) is 0 Å². The lowest BCUT2D eigenvalue weighted by Gasteiger charge is -2.01. The van der Waals surface area contributed by atoms with E-state index in [-0.39, 0.29) is 16.8 Å². The third-order valence-electron chi connectivity index (χ3n) is 3.79. The van der Waals surface area contributed by atoms with Crippen LogP contribution < -0.4 is 0 Å². The molecular formula is C18H11NO5. The van der Waals surface area contributed by atoms with E-state index in [1.165, 1.54) is 36.4 Å². The number of allylic oxidation sites excluding steroid dienone is 1. The van der Waals surface area contributed by atoms with E-state index in [0.717, 1.165) is 6.08 Å². The van der Waals surface area contributed by atoms with Crippen LogP contribution in [-0.2, 0) is 4.79 Å². The number of benzene rings is 2. The van der Waals surface area contributed by atoms with Gasteiger partial charge in [-0.1, -0.05) is 42.5 Å². The molecule has 0 atom stereocenters. The van der Waals surface area contributed by atoms with Crippen molar-refractivity contribution in [3.63, 3.8) is 0 Å². The van der Waals surface area contributed by atoms with Gasteiger partial charge in [0.2, 0.25) is 0 Å². The van der Waals surface area contributed by atoms with Gasteiger partial charge in [-0.05, 0) is 11.6 Å². The second-order valence-corrected chi connectivity index (χ2v) is 5.29. The lowest BCUT2D eigenvalue weighted by Crippen LogP contribution is -2.23. The summed E-state index contributed by atoms with van der Waals surface area (Å²) in [7, 11) is 0. The van der Waals surface area contributed by atoms with Crippen molar-refractivity contribution < 1.29 is 19.3 Å². The number of hydrogen-bond acceptors (Lipinski definition) is 5. The first-order valence-corrected chi connectivity index (χ1v) is 7.13. The van der Waals surface area contributed by atoms with Crippen molar-refractivity contribution in [1.82, 2.24) is 0 Å². The van der Waals surface area contributed by atoms with Gasteiger partial charge in [-0.15, -0.1) is 0 Å². The normalized spacial score (nSPS) is 14.2. The molecule has 1 aliphatic rings. The summed E-state index contributed by atoms with van der Waals surface area (Å²) in [5.41, 5.74) is 0.840. The molecule has 0 radical (unpaired) electrons. The van der Waals surface area contributed by atoms with Crippen LogP contribution >= 0.6 is 0 Å². The Morgan fingerprint density at radius 1 is 1.00 bits per heavy atom. The van der Waals surface area contributed by atoms with Crippen molar-refractivity contribution in [2.75, 3.05) is 0 Å². The molecule has 0 fully saturated rings. The molecule has 2 aromatic rings. The summed E-state index contributed by atoms with van der Waals surface area (Å²) >= 11 is 0. The van der Waals surface area contributed by atoms with Crippen LogP contribution in [0.1, 0.15) is 26.3 Å². The van der Waals surface area contributed by atoms with Gasteiger partial charge < -0.3 is 0 Å². The minimum atomic E-state index is -1.36. The van der Waals surface area contributed by atoms with Gasteiger partial charge in [0.15, 0.2) is 17.3 Å². The molecule has 0 aromatic heterocycles. The summed E-state index contributed by atoms with van der Waals surface area (Å²) in [5.74, 6) is -3.02. The van der Waals surface area contributed by atoms with Crippen molar-refractivity contribution in [1.29, 1.82) is 0 Å². The molecule has 24 heavy (non-hydrogen) atoms. The number of carbonyl (C=O) groups is 3. The van der Waals surface area contributed by atoms with E-state index < -0.39 is 28.2 Å². The topological polar surface area (TPSA) is 94.3 Å². The van der Waals surface area contributed by atoms with E-state index in [0.29, 0.717) is 5.56 Å². The number of rotatable bonds is 4. The molecule has 0 amide bonds. The van der Waals surface area contributed by atoms with Crippen LogP contribution in [-0.4, -0.2) is 22.3 Å². The summed E-state index contributed by atoms with van der Waals surface area (Å²) in [5, 5.41) is 10.7. The van der Waals surface area contributed by atoms with E-state index in [2.05, 4.69) is 0 Å². The fourth-order valence-corrected chi connectivity index (χ4v) is 2.62.